The molecule has 1 aromatic rings. The molecule has 1 rings (SSSR count). The number of methoxy groups -OCH3 is 2. The number of hydrogen-bond acceptors (Lipinski definition) is 5. The maximum absolute atomic E-state index is 9.03. The zero-order valence-electron chi connectivity index (χ0n) is 11.1. The number of benzene rings is 1. The number of likely N-dealkylation sites (N-methyl/N-ethyl adjacent to an activating group) is 1. The molecule has 0 fully saturated rings. The molecule has 0 aromatic heterocycles. The third-order valence-corrected chi connectivity index (χ3v) is 2.69. The second-order valence-corrected chi connectivity index (χ2v) is 3.85. The van der Waals surface area contributed by atoms with Gasteiger partial charge in [0.05, 0.1) is 27.4 Å². The van der Waals surface area contributed by atoms with Gasteiger partial charge >= 0.3 is 0 Å². The fraction of sp³-hybridized carbons (Fsp3) is 0.538. The van der Waals surface area contributed by atoms with Crippen LogP contribution in [0.2, 0.25) is 0 Å². The first-order valence-corrected chi connectivity index (χ1v) is 5.87. The van der Waals surface area contributed by atoms with E-state index in [0.717, 1.165) is 6.42 Å². The van der Waals surface area contributed by atoms with Crippen molar-refractivity contribution in [3.05, 3.63) is 18.2 Å². The summed E-state index contributed by atoms with van der Waals surface area (Å²) in [6.07, 6.45) is 0.729. The predicted octanol–water partition coefficient (Wildman–Crippen LogP) is 1.05. The largest absolute Gasteiger partial charge is 0.496 e. The highest BCUT2D eigenvalue weighted by Crippen LogP contribution is 2.27. The van der Waals surface area contributed by atoms with Crippen molar-refractivity contribution < 1.29 is 19.3 Å². The van der Waals surface area contributed by atoms with Gasteiger partial charge in [-0.05, 0) is 13.5 Å². The van der Waals surface area contributed by atoms with Crippen molar-refractivity contribution in [2.45, 2.75) is 12.5 Å². The van der Waals surface area contributed by atoms with E-state index in [0.29, 0.717) is 23.9 Å². The fourth-order valence-corrected chi connectivity index (χ4v) is 1.51. The zero-order chi connectivity index (χ0) is 13.4. The molecule has 0 aliphatic heterocycles. The van der Waals surface area contributed by atoms with Crippen molar-refractivity contribution in [1.29, 1.82) is 0 Å². The van der Waals surface area contributed by atoms with Gasteiger partial charge in [0, 0.05) is 24.2 Å². The van der Waals surface area contributed by atoms with E-state index >= 15 is 0 Å². The average molecular weight is 255 g/mol. The van der Waals surface area contributed by atoms with Crippen molar-refractivity contribution in [3.63, 3.8) is 0 Å². The van der Waals surface area contributed by atoms with Gasteiger partial charge in [-0.2, -0.15) is 0 Å². The summed E-state index contributed by atoms with van der Waals surface area (Å²) in [6.45, 7) is 0.615. The van der Waals surface area contributed by atoms with Gasteiger partial charge in [0.1, 0.15) is 17.2 Å². The summed E-state index contributed by atoms with van der Waals surface area (Å²) >= 11 is 0. The Morgan fingerprint density at radius 3 is 2.11 bits per heavy atom. The van der Waals surface area contributed by atoms with Crippen LogP contribution in [0.15, 0.2) is 18.2 Å². The van der Waals surface area contributed by atoms with Crippen LogP contribution in [0.4, 0.5) is 0 Å². The summed E-state index contributed by atoms with van der Waals surface area (Å²) in [5.74, 6) is 2.08. The van der Waals surface area contributed by atoms with Crippen LogP contribution in [-0.2, 0) is 0 Å². The summed E-state index contributed by atoms with van der Waals surface area (Å²) in [4.78, 5) is 0. The smallest absolute Gasteiger partial charge is 0.126 e. The molecule has 0 spiro atoms. The Labute approximate surface area is 108 Å². The Kier molecular flexibility index (Phi) is 6.32. The van der Waals surface area contributed by atoms with Gasteiger partial charge in [-0.3, -0.25) is 0 Å². The van der Waals surface area contributed by atoms with Gasteiger partial charge in [0.2, 0.25) is 0 Å². The minimum absolute atomic E-state index is 0.0532. The first kappa shape index (κ1) is 14.6. The van der Waals surface area contributed by atoms with E-state index in [9.17, 15) is 0 Å². The third-order valence-electron chi connectivity index (χ3n) is 2.69. The molecule has 0 amide bonds. The molecular formula is C13H21NO4. The van der Waals surface area contributed by atoms with Crippen LogP contribution in [0, 0.1) is 0 Å². The van der Waals surface area contributed by atoms with Crippen molar-refractivity contribution in [3.8, 4) is 17.2 Å². The Hall–Kier alpha value is -1.46. The highest BCUT2D eigenvalue weighted by Gasteiger charge is 2.06. The van der Waals surface area contributed by atoms with E-state index in [1.165, 1.54) is 0 Å². The van der Waals surface area contributed by atoms with E-state index in [1.54, 1.807) is 32.4 Å². The summed E-state index contributed by atoms with van der Waals surface area (Å²) in [6, 6.07) is 5.44. The maximum atomic E-state index is 9.03. The minimum Gasteiger partial charge on any atom is -0.496 e. The lowest BCUT2D eigenvalue weighted by molar-refractivity contribution is 0.213. The summed E-state index contributed by atoms with van der Waals surface area (Å²) in [5, 5.41) is 12.0. The van der Waals surface area contributed by atoms with E-state index in [4.69, 9.17) is 19.3 Å². The lowest BCUT2D eigenvalue weighted by atomic mass is 10.2. The molecule has 0 saturated heterocycles. The van der Waals surface area contributed by atoms with Crippen LogP contribution in [0.3, 0.4) is 0 Å². The Bertz CT molecular complexity index is 331. The maximum Gasteiger partial charge on any atom is 0.126 e. The van der Waals surface area contributed by atoms with Gasteiger partial charge < -0.3 is 24.6 Å². The molecule has 0 radical (unpaired) electrons. The van der Waals surface area contributed by atoms with Gasteiger partial charge in [-0.15, -0.1) is 0 Å². The number of nitrogens with one attached hydrogen (secondary N) is 1. The van der Waals surface area contributed by atoms with Gasteiger partial charge in [-0.25, -0.2) is 0 Å². The normalized spacial score (nSPS) is 12.0. The van der Waals surface area contributed by atoms with Crippen LogP contribution in [0.25, 0.3) is 0 Å². The Balaban J connectivity index is 2.55. The zero-order valence-corrected chi connectivity index (χ0v) is 11.1. The molecule has 0 aliphatic carbocycles. The molecule has 18 heavy (non-hydrogen) atoms. The highest BCUT2D eigenvalue weighted by atomic mass is 16.5. The molecule has 0 heterocycles. The second kappa shape index (κ2) is 7.79. The van der Waals surface area contributed by atoms with E-state index in [1.807, 2.05) is 7.05 Å². The van der Waals surface area contributed by atoms with Crippen LogP contribution >= 0.6 is 0 Å². The molecule has 1 atom stereocenters. The summed E-state index contributed by atoms with van der Waals surface area (Å²) in [7, 11) is 5.01. The van der Waals surface area contributed by atoms with Crippen LogP contribution in [0.1, 0.15) is 6.42 Å². The quantitative estimate of drug-likeness (QED) is 0.727. The Morgan fingerprint density at radius 2 is 1.67 bits per heavy atom. The molecule has 1 aromatic carbocycles. The SMILES string of the molecule is CNC(CO)CCOc1cc(OC)cc(OC)c1. The van der Waals surface area contributed by atoms with E-state index in [-0.39, 0.29) is 12.6 Å². The number of aliphatic hydroxyl groups is 1. The minimum atomic E-state index is 0.0532. The number of ether oxygens (including phenoxy) is 3. The molecular weight excluding hydrogens is 234 g/mol. The van der Waals surface area contributed by atoms with E-state index < -0.39 is 0 Å². The number of aliphatic hydroxyl groups excluding tert-OH is 1. The molecule has 0 aliphatic rings. The molecule has 0 bridgehead atoms. The van der Waals surface area contributed by atoms with Crippen LogP contribution in [-0.4, -0.2) is 45.6 Å². The van der Waals surface area contributed by atoms with Crippen molar-refractivity contribution >= 4 is 0 Å². The first-order valence-electron chi connectivity index (χ1n) is 5.87. The van der Waals surface area contributed by atoms with Crippen molar-refractivity contribution in [2.75, 3.05) is 34.5 Å². The third kappa shape index (κ3) is 4.43. The topological polar surface area (TPSA) is 60.0 Å². The highest BCUT2D eigenvalue weighted by molar-refractivity contribution is 5.41. The monoisotopic (exact) mass is 255 g/mol. The summed E-state index contributed by atoms with van der Waals surface area (Å²) < 4.78 is 15.9. The first-order chi connectivity index (χ1) is 8.73. The molecule has 5 nitrogen and oxygen atoms in total. The predicted molar refractivity (Wildman–Crippen MR) is 69.6 cm³/mol. The molecule has 5 heteroatoms. The fourth-order valence-electron chi connectivity index (χ4n) is 1.51. The number of rotatable bonds is 8. The van der Waals surface area contributed by atoms with Crippen molar-refractivity contribution in [2.24, 2.45) is 0 Å². The molecule has 102 valence electrons. The van der Waals surface area contributed by atoms with Crippen LogP contribution in [0.5, 0.6) is 17.2 Å². The molecule has 1 unspecified atom stereocenters. The Morgan fingerprint density at radius 1 is 1.11 bits per heavy atom. The van der Waals surface area contributed by atoms with Gasteiger partial charge in [0.15, 0.2) is 0 Å². The molecule has 0 saturated carbocycles. The van der Waals surface area contributed by atoms with Gasteiger partial charge in [-0.1, -0.05) is 0 Å². The second-order valence-electron chi connectivity index (χ2n) is 3.85. The van der Waals surface area contributed by atoms with E-state index in [2.05, 4.69) is 5.32 Å². The lowest BCUT2D eigenvalue weighted by Gasteiger charge is -2.14. The molecule has 2 N–H and O–H groups in total. The van der Waals surface area contributed by atoms with Crippen LogP contribution < -0.4 is 19.5 Å². The lowest BCUT2D eigenvalue weighted by Crippen LogP contribution is -2.30. The van der Waals surface area contributed by atoms with Crippen molar-refractivity contribution in [1.82, 2.24) is 5.32 Å². The standard InChI is InChI=1S/C13H21NO4/c1-14-10(9-15)4-5-18-13-7-11(16-2)6-12(8-13)17-3/h6-8,10,14-15H,4-5,9H2,1-3H3. The number of hydrogen-bond donors (Lipinski definition) is 2. The van der Waals surface area contributed by atoms with Gasteiger partial charge in [0.25, 0.3) is 0 Å². The summed E-state index contributed by atoms with van der Waals surface area (Å²) in [5.41, 5.74) is 0. The average Bonchev–Trinajstić information content (AvgIpc) is 2.43.